The lowest BCUT2D eigenvalue weighted by Crippen LogP contribution is -2.09. The minimum absolute atomic E-state index is 0.205. The Bertz CT molecular complexity index is 318. The Morgan fingerprint density at radius 3 is 3.08 bits per heavy atom. The van der Waals surface area contributed by atoms with Crippen molar-refractivity contribution in [2.45, 2.75) is 25.7 Å². The summed E-state index contributed by atoms with van der Waals surface area (Å²) in [5.74, 6) is 0.599. The first-order chi connectivity index (χ1) is 6.25. The molecule has 4 heteroatoms. The lowest BCUT2D eigenvalue weighted by Gasteiger charge is -2.02. The molecule has 0 spiro atoms. The molecule has 1 aliphatic carbocycles. The maximum atomic E-state index is 11.3. The molecule has 2 rings (SSSR count). The average Bonchev–Trinajstić information content (AvgIpc) is 2.64. The molecule has 1 saturated carbocycles. The molecule has 1 aromatic heterocycles. The third-order valence-corrected chi connectivity index (χ3v) is 2.54. The monoisotopic (exact) mass is 179 g/mol. The predicted octanol–water partition coefficient (Wildman–Crippen LogP) is 0.727. The standard InChI is InChI=1S/C9H13N3O/c1-12-6-8(10-11-12)5-7-3-2-4-9(7)13/h6-7H,2-5H2,1H3. The van der Waals surface area contributed by atoms with Crippen LogP contribution < -0.4 is 0 Å². The molecule has 1 unspecified atom stereocenters. The normalized spacial score (nSPS) is 22.5. The Morgan fingerprint density at radius 1 is 1.69 bits per heavy atom. The fraction of sp³-hybridized carbons (Fsp3) is 0.667. The molecule has 0 saturated heterocycles. The number of nitrogens with zero attached hydrogens (tertiary/aromatic N) is 3. The first-order valence-electron chi connectivity index (χ1n) is 4.63. The van der Waals surface area contributed by atoms with Crippen LogP contribution >= 0.6 is 0 Å². The Labute approximate surface area is 76.9 Å². The van der Waals surface area contributed by atoms with Gasteiger partial charge in [0.05, 0.1) is 5.69 Å². The van der Waals surface area contributed by atoms with E-state index in [1.807, 2.05) is 13.2 Å². The van der Waals surface area contributed by atoms with Gasteiger partial charge in [-0.15, -0.1) is 5.10 Å². The third-order valence-electron chi connectivity index (χ3n) is 2.54. The molecule has 0 N–H and O–H groups in total. The molecular formula is C9H13N3O. The van der Waals surface area contributed by atoms with Crippen molar-refractivity contribution < 1.29 is 4.79 Å². The Morgan fingerprint density at radius 2 is 2.54 bits per heavy atom. The first kappa shape index (κ1) is 8.41. The number of hydrogen-bond acceptors (Lipinski definition) is 3. The van der Waals surface area contributed by atoms with Gasteiger partial charge in [0.25, 0.3) is 0 Å². The zero-order valence-corrected chi connectivity index (χ0v) is 7.73. The molecule has 1 aliphatic rings. The summed E-state index contributed by atoms with van der Waals surface area (Å²) in [6, 6.07) is 0. The topological polar surface area (TPSA) is 47.8 Å². The van der Waals surface area contributed by atoms with E-state index in [1.54, 1.807) is 4.68 Å². The summed E-state index contributed by atoms with van der Waals surface area (Å²) < 4.78 is 1.68. The highest BCUT2D eigenvalue weighted by Gasteiger charge is 2.25. The van der Waals surface area contributed by atoms with Crippen molar-refractivity contribution in [1.82, 2.24) is 15.0 Å². The van der Waals surface area contributed by atoms with Gasteiger partial charge in [-0.3, -0.25) is 9.48 Å². The van der Waals surface area contributed by atoms with Crippen LogP contribution in [0.5, 0.6) is 0 Å². The van der Waals surface area contributed by atoms with Crippen LogP contribution in [0.2, 0.25) is 0 Å². The molecule has 0 radical (unpaired) electrons. The molecule has 0 amide bonds. The van der Waals surface area contributed by atoms with Crippen LogP contribution in [0, 0.1) is 5.92 Å². The summed E-state index contributed by atoms with van der Waals surface area (Å²) in [5.41, 5.74) is 0.933. The summed E-state index contributed by atoms with van der Waals surface area (Å²) in [5, 5.41) is 7.81. The van der Waals surface area contributed by atoms with E-state index in [2.05, 4.69) is 10.3 Å². The summed E-state index contributed by atoms with van der Waals surface area (Å²) >= 11 is 0. The Hall–Kier alpha value is -1.19. The second kappa shape index (κ2) is 3.28. The number of carbonyl (C=O) groups is 1. The highest BCUT2D eigenvalue weighted by atomic mass is 16.1. The van der Waals surface area contributed by atoms with E-state index < -0.39 is 0 Å². The minimum Gasteiger partial charge on any atom is -0.299 e. The summed E-state index contributed by atoms with van der Waals surface area (Å²) in [6.45, 7) is 0. The lowest BCUT2D eigenvalue weighted by atomic mass is 10.0. The molecular weight excluding hydrogens is 166 g/mol. The number of aromatic nitrogens is 3. The predicted molar refractivity (Wildman–Crippen MR) is 47.1 cm³/mol. The number of rotatable bonds is 2. The van der Waals surface area contributed by atoms with Crippen molar-refractivity contribution in [3.8, 4) is 0 Å². The second-order valence-electron chi connectivity index (χ2n) is 3.64. The largest absolute Gasteiger partial charge is 0.299 e. The zero-order valence-electron chi connectivity index (χ0n) is 7.73. The van der Waals surface area contributed by atoms with Gasteiger partial charge in [0.2, 0.25) is 0 Å². The molecule has 70 valence electrons. The van der Waals surface area contributed by atoms with Crippen LogP contribution in [0.15, 0.2) is 6.20 Å². The molecule has 4 nitrogen and oxygen atoms in total. The van der Waals surface area contributed by atoms with Crippen LogP contribution in [0.4, 0.5) is 0 Å². The number of Topliss-reactive ketones (excluding diaryl/α,β-unsaturated/α-hetero) is 1. The van der Waals surface area contributed by atoms with Gasteiger partial charge in [-0.25, -0.2) is 0 Å². The number of hydrogen-bond donors (Lipinski definition) is 0. The maximum absolute atomic E-state index is 11.3. The summed E-state index contributed by atoms with van der Waals surface area (Å²) in [7, 11) is 1.84. The van der Waals surface area contributed by atoms with Crippen LogP contribution in [-0.2, 0) is 18.3 Å². The molecule has 1 fully saturated rings. The van der Waals surface area contributed by atoms with Gasteiger partial charge in [0.1, 0.15) is 5.78 Å². The Balaban J connectivity index is 2.01. The van der Waals surface area contributed by atoms with Crippen LogP contribution in [0.1, 0.15) is 25.0 Å². The van der Waals surface area contributed by atoms with Crippen LogP contribution in [0.3, 0.4) is 0 Å². The first-order valence-corrected chi connectivity index (χ1v) is 4.63. The smallest absolute Gasteiger partial charge is 0.136 e. The number of ketones is 1. The fourth-order valence-corrected chi connectivity index (χ4v) is 1.84. The van der Waals surface area contributed by atoms with E-state index in [-0.39, 0.29) is 5.92 Å². The van der Waals surface area contributed by atoms with E-state index >= 15 is 0 Å². The maximum Gasteiger partial charge on any atom is 0.136 e. The van der Waals surface area contributed by atoms with E-state index in [9.17, 15) is 4.79 Å². The van der Waals surface area contributed by atoms with Crippen LogP contribution in [-0.4, -0.2) is 20.8 Å². The minimum atomic E-state index is 0.205. The van der Waals surface area contributed by atoms with Gasteiger partial charge in [-0.05, 0) is 12.8 Å². The summed E-state index contributed by atoms with van der Waals surface area (Å²) in [4.78, 5) is 11.3. The highest BCUT2D eigenvalue weighted by Crippen LogP contribution is 2.23. The van der Waals surface area contributed by atoms with E-state index in [1.165, 1.54) is 0 Å². The van der Waals surface area contributed by atoms with Gasteiger partial charge < -0.3 is 0 Å². The molecule has 1 atom stereocenters. The van der Waals surface area contributed by atoms with Crippen molar-refractivity contribution in [2.75, 3.05) is 0 Å². The van der Waals surface area contributed by atoms with Crippen LogP contribution in [0.25, 0.3) is 0 Å². The lowest BCUT2D eigenvalue weighted by molar-refractivity contribution is -0.120. The fourth-order valence-electron chi connectivity index (χ4n) is 1.84. The van der Waals surface area contributed by atoms with Crippen molar-refractivity contribution >= 4 is 5.78 Å². The summed E-state index contributed by atoms with van der Waals surface area (Å²) in [6.07, 6.45) is 5.47. The molecule has 0 aliphatic heterocycles. The van der Waals surface area contributed by atoms with Crippen molar-refractivity contribution in [3.63, 3.8) is 0 Å². The quantitative estimate of drug-likeness (QED) is 0.672. The van der Waals surface area contributed by atoms with E-state index in [0.29, 0.717) is 5.78 Å². The molecule has 13 heavy (non-hydrogen) atoms. The van der Waals surface area contributed by atoms with Gasteiger partial charge in [-0.2, -0.15) is 0 Å². The average molecular weight is 179 g/mol. The van der Waals surface area contributed by atoms with Crippen molar-refractivity contribution in [1.29, 1.82) is 0 Å². The van der Waals surface area contributed by atoms with E-state index in [4.69, 9.17) is 0 Å². The third kappa shape index (κ3) is 1.76. The van der Waals surface area contributed by atoms with Gasteiger partial charge in [0, 0.05) is 32.0 Å². The zero-order chi connectivity index (χ0) is 9.26. The van der Waals surface area contributed by atoms with Crippen molar-refractivity contribution in [2.24, 2.45) is 13.0 Å². The van der Waals surface area contributed by atoms with Crippen molar-refractivity contribution in [3.05, 3.63) is 11.9 Å². The molecule has 0 bridgehead atoms. The molecule has 1 heterocycles. The molecule has 1 aromatic rings. The number of aryl methyl sites for hydroxylation is 1. The second-order valence-corrected chi connectivity index (χ2v) is 3.64. The SMILES string of the molecule is Cn1cc(CC2CCCC2=O)nn1. The Kier molecular flexibility index (Phi) is 2.12. The van der Waals surface area contributed by atoms with Gasteiger partial charge >= 0.3 is 0 Å². The highest BCUT2D eigenvalue weighted by molar-refractivity contribution is 5.83. The molecule has 0 aromatic carbocycles. The van der Waals surface area contributed by atoms with Gasteiger partial charge in [-0.1, -0.05) is 5.21 Å². The number of carbonyl (C=O) groups excluding carboxylic acids is 1. The van der Waals surface area contributed by atoms with Gasteiger partial charge in [0.15, 0.2) is 0 Å². The van der Waals surface area contributed by atoms with E-state index in [0.717, 1.165) is 31.4 Å².